The molecule has 0 aliphatic heterocycles. The third kappa shape index (κ3) is 4.11. The van der Waals surface area contributed by atoms with Gasteiger partial charge in [0.15, 0.2) is 0 Å². The molecule has 1 fully saturated rings. The molecular formula is C15H19Cl2NO2. The average molecular weight is 316 g/mol. The van der Waals surface area contributed by atoms with Gasteiger partial charge in [-0.15, -0.1) is 0 Å². The molecule has 2 rings (SSSR count). The van der Waals surface area contributed by atoms with Crippen LogP contribution in [0, 0.1) is 0 Å². The van der Waals surface area contributed by atoms with E-state index < -0.39 is 12.0 Å². The monoisotopic (exact) mass is 315 g/mol. The molecule has 0 aromatic heterocycles. The van der Waals surface area contributed by atoms with Gasteiger partial charge in [-0.2, -0.15) is 0 Å². The maximum atomic E-state index is 11.5. The molecule has 110 valence electrons. The SMILES string of the molecule is O=C(O)C(NC1CCCCCC1)c1ccc(Cl)c(Cl)c1. The zero-order chi connectivity index (χ0) is 14.5. The van der Waals surface area contributed by atoms with Crippen molar-refractivity contribution < 1.29 is 9.90 Å². The normalized spacial score (nSPS) is 18.5. The molecule has 1 aromatic rings. The van der Waals surface area contributed by atoms with Crippen LogP contribution in [0.15, 0.2) is 18.2 Å². The van der Waals surface area contributed by atoms with Crippen LogP contribution in [0.3, 0.4) is 0 Å². The van der Waals surface area contributed by atoms with Gasteiger partial charge in [0, 0.05) is 6.04 Å². The van der Waals surface area contributed by atoms with Crippen molar-refractivity contribution in [3.8, 4) is 0 Å². The molecule has 0 spiro atoms. The topological polar surface area (TPSA) is 49.3 Å². The van der Waals surface area contributed by atoms with Crippen molar-refractivity contribution in [2.24, 2.45) is 0 Å². The van der Waals surface area contributed by atoms with Gasteiger partial charge in [-0.3, -0.25) is 10.1 Å². The molecule has 0 saturated heterocycles. The number of nitrogens with one attached hydrogen (secondary N) is 1. The molecule has 1 saturated carbocycles. The van der Waals surface area contributed by atoms with Crippen molar-refractivity contribution in [3.05, 3.63) is 33.8 Å². The van der Waals surface area contributed by atoms with Gasteiger partial charge in [-0.25, -0.2) is 0 Å². The second-order valence-corrected chi connectivity index (χ2v) is 6.11. The second kappa shape index (κ2) is 7.30. The molecule has 1 aliphatic rings. The molecule has 1 atom stereocenters. The van der Waals surface area contributed by atoms with E-state index in [2.05, 4.69) is 5.32 Å². The smallest absolute Gasteiger partial charge is 0.325 e. The number of carboxylic acids is 1. The molecule has 5 heteroatoms. The summed E-state index contributed by atoms with van der Waals surface area (Å²) in [6.45, 7) is 0. The summed E-state index contributed by atoms with van der Waals surface area (Å²) in [5.41, 5.74) is 0.649. The van der Waals surface area contributed by atoms with Crippen molar-refractivity contribution >= 4 is 29.2 Å². The average Bonchev–Trinajstić information content (AvgIpc) is 2.67. The zero-order valence-electron chi connectivity index (χ0n) is 11.2. The predicted octanol–water partition coefficient (Wildman–Crippen LogP) is 4.43. The summed E-state index contributed by atoms with van der Waals surface area (Å²) >= 11 is 11.9. The number of carbonyl (C=O) groups is 1. The molecule has 20 heavy (non-hydrogen) atoms. The van der Waals surface area contributed by atoms with Gasteiger partial charge in [0.25, 0.3) is 0 Å². The Labute approximate surface area is 129 Å². The largest absolute Gasteiger partial charge is 0.480 e. The van der Waals surface area contributed by atoms with Crippen LogP contribution in [0.2, 0.25) is 10.0 Å². The van der Waals surface area contributed by atoms with Crippen LogP contribution in [-0.2, 0) is 4.79 Å². The molecular weight excluding hydrogens is 297 g/mol. The van der Waals surface area contributed by atoms with Crippen molar-refractivity contribution in [3.63, 3.8) is 0 Å². The molecule has 1 aliphatic carbocycles. The fourth-order valence-corrected chi connectivity index (χ4v) is 2.99. The van der Waals surface area contributed by atoms with Gasteiger partial charge < -0.3 is 5.11 Å². The number of hydrogen-bond donors (Lipinski definition) is 2. The van der Waals surface area contributed by atoms with E-state index in [1.54, 1.807) is 18.2 Å². The van der Waals surface area contributed by atoms with E-state index >= 15 is 0 Å². The Morgan fingerprint density at radius 3 is 2.35 bits per heavy atom. The zero-order valence-corrected chi connectivity index (χ0v) is 12.8. The number of aliphatic carboxylic acids is 1. The second-order valence-electron chi connectivity index (χ2n) is 5.30. The molecule has 3 nitrogen and oxygen atoms in total. The van der Waals surface area contributed by atoms with Crippen molar-refractivity contribution in [2.75, 3.05) is 0 Å². The van der Waals surface area contributed by atoms with Crippen LogP contribution in [0.25, 0.3) is 0 Å². The Hall–Kier alpha value is -0.770. The Morgan fingerprint density at radius 1 is 1.15 bits per heavy atom. The van der Waals surface area contributed by atoms with Crippen LogP contribution in [0.4, 0.5) is 0 Å². The molecule has 0 heterocycles. The fraction of sp³-hybridized carbons (Fsp3) is 0.533. The summed E-state index contributed by atoms with van der Waals surface area (Å²) in [4.78, 5) is 11.5. The van der Waals surface area contributed by atoms with E-state index in [1.807, 2.05) is 0 Å². The van der Waals surface area contributed by atoms with Crippen molar-refractivity contribution in [1.82, 2.24) is 5.32 Å². The van der Waals surface area contributed by atoms with Crippen molar-refractivity contribution in [2.45, 2.75) is 50.6 Å². The molecule has 0 radical (unpaired) electrons. The highest BCUT2D eigenvalue weighted by molar-refractivity contribution is 6.42. The minimum absolute atomic E-state index is 0.257. The van der Waals surface area contributed by atoms with Crippen LogP contribution in [0.5, 0.6) is 0 Å². The molecule has 1 unspecified atom stereocenters. The highest BCUT2D eigenvalue weighted by atomic mass is 35.5. The van der Waals surface area contributed by atoms with Crippen LogP contribution < -0.4 is 5.32 Å². The molecule has 1 aromatic carbocycles. The van der Waals surface area contributed by atoms with Gasteiger partial charge >= 0.3 is 5.97 Å². The van der Waals surface area contributed by atoms with Crippen LogP contribution in [0.1, 0.15) is 50.1 Å². The third-order valence-corrected chi connectivity index (χ3v) is 4.52. The summed E-state index contributed by atoms with van der Waals surface area (Å²) in [5.74, 6) is -0.882. The summed E-state index contributed by atoms with van der Waals surface area (Å²) in [6, 6.07) is 4.52. The molecule has 0 amide bonds. The maximum Gasteiger partial charge on any atom is 0.325 e. The van der Waals surface area contributed by atoms with E-state index in [1.165, 1.54) is 12.8 Å². The third-order valence-electron chi connectivity index (χ3n) is 3.78. The van der Waals surface area contributed by atoms with Gasteiger partial charge in [0.05, 0.1) is 10.0 Å². The standard InChI is InChI=1S/C15H19Cl2NO2/c16-12-8-7-10(9-13(12)17)14(15(19)20)18-11-5-3-1-2-4-6-11/h7-9,11,14,18H,1-6H2,(H,19,20). The first-order valence-electron chi connectivity index (χ1n) is 7.01. The van der Waals surface area contributed by atoms with E-state index in [4.69, 9.17) is 23.2 Å². The van der Waals surface area contributed by atoms with Gasteiger partial charge in [-0.05, 0) is 30.5 Å². The predicted molar refractivity (Wildman–Crippen MR) is 81.5 cm³/mol. The van der Waals surface area contributed by atoms with Crippen molar-refractivity contribution in [1.29, 1.82) is 0 Å². The lowest BCUT2D eigenvalue weighted by molar-refractivity contribution is -0.140. The lowest BCUT2D eigenvalue weighted by atomic mass is 10.0. The minimum Gasteiger partial charge on any atom is -0.480 e. The van der Waals surface area contributed by atoms with Gasteiger partial charge in [-0.1, -0.05) is 55.0 Å². The minimum atomic E-state index is -0.882. The van der Waals surface area contributed by atoms with Crippen LogP contribution in [-0.4, -0.2) is 17.1 Å². The summed E-state index contributed by atoms with van der Waals surface area (Å²) in [5, 5.41) is 13.5. The Morgan fingerprint density at radius 2 is 1.80 bits per heavy atom. The van der Waals surface area contributed by atoms with Crippen LogP contribution >= 0.6 is 23.2 Å². The van der Waals surface area contributed by atoms with Gasteiger partial charge in [0.1, 0.15) is 6.04 Å². The Bertz CT molecular complexity index is 471. The first-order valence-corrected chi connectivity index (χ1v) is 7.77. The summed E-state index contributed by atoms with van der Waals surface area (Å²) in [6.07, 6.45) is 6.86. The first kappa shape index (κ1) is 15.6. The van der Waals surface area contributed by atoms with E-state index in [9.17, 15) is 9.90 Å². The van der Waals surface area contributed by atoms with E-state index in [0.717, 1.165) is 25.7 Å². The highest BCUT2D eigenvalue weighted by Gasteiger charge is 2.24. The quantitative estimate of drug-likeness (QED) is 0.808. The number of rotatable bonds is 4. The summed E-state index contributed by atoms with van der Waals surface area (Å²) < 4.78 is 0. The first-order chi connectivity index (χ1) is 9.58. The number of hydrogen-bond acceptors (Lipinski definition) is 2. The number of carboxylic acid groups (broad SMARTS) is 1. The molecule has 2 N–H and O–H groups in total. The number of benzene rings is 1. The van der Waals surface area contributed by atoms with E-state index in [0.29, 0.717) is 15.6 Å². The lowest BCUT2D eigenvalue weighted by Crippen LogP contribution is -2.36. The highest BCUT2D eigenvalue weighted by Crippen LogP contribution is 2.27. The van der Waals surface area contributed by atoms with E-state index in [-0.39, 0.29) is 6.04 Å². The fourth-order valence-electron chi connectivity index (χ4n) is 2.68. The summed E-state index contributed by atoms with van der Waals surface area (Å²) in [7, 11) is 0. The Balaban J connectivity index is 2.13. The van der Waals surface area contributed by atoms with Gasteiger partial charge in [0.2, 0.25) is 0 Å². The maximum absolute atomic E-state index is 11.5. The lowest BCUT2D eigenvalue weighted by Gasteiger charge is -2.22. The molecule has 0 bridgehead atoms. The Kier molecular flexibility index (Phi) is 5.70. The number of halogens is 2.